The Balaban J connectivity index is 0.00000261. The lowest BCUT2D eigenvalue weighted by Gasteiger charge is -2.22. The molecule has 1 saturated heterocycles. The fourth-order valence-electron chi connectivity index (χ4n) is 3.83. The van der Waals surface area contributed by atoms with E-state index in [2.05, 4.69) is 10.0 Å². The number of sulfonamides is 1. The number of carbonyl (C=O) groups excluding carboxylic acids is 1. The Hall–Kier alpha value is -1.15. The van der Waals surface area contributed by atoms with Gasteiger partial charge >= 0.3 is 0 Å². The first kappa shape index (κ1) is 22.1. The normalized spacial score (nSPS) is 20.3. The van der Waals surface area contributed by atoms with E-state index in [1.54, 1.807) is 19.1 Å². The molecular formula is C19H30ClN3O3S. The minimum absolute atomic E-state index is 0. The van der Waals surface area contributed by atoms with Gasteiger partial charge in [-0.25, -0.2) is 13.1 Å². The van der Waals surface area contributed by atoms with Crippen molar-refractivity contribution >= 4 is 28.3 Å². The molecule has 3 rings (SSSR count). The zero-order valence-corrected chi connectivity index (χ0v) is 17.5. The summed E-state index contributed by atoms with van der Waals surface area (Å²) in [7, 11) is -3.49. The maximum absolute atomic E-state index is 12.6. The lowest BCUT2D eigenvalue weighted by Crippen LogP contribution is -2.33. The first-order valence-electron chi connectivity index (χ1n) is 9.53. The standard InChI is InChI=1S/C19H29N3O3S.ClH/c1-15(23)22-11-7-17-4-5-19(13-18(17)8-12-22)26(24,25)21-10-6-16-3-2-9-20-14-16;/h4-5,13,16,20-21H,2-3,6-12,14H2,1H3;1H. The molecule has 0 saturated carbocycles. The predicted molar refractivity (Wildman–Crippen MR) is 109 cm³/mol. The third-order valence-corrected chi connectivity index (χ3v) is 6.94. The van der Waals surface area contributed by atoms with Gasteiger partial charge in [-0.2, -0.15) is 0 Å². The minimum atomic E-state index is -3.49. The second-order valence-corrected chi connectivity index (χ2v) is 9.10. The summed E-state index contributed by atoms with van der Waals surface area (Å²) in [4.78, 5) is 13.7. The van der Waals surface area contributed by atoms with Crippen molar-refractivity contribution in [1.82, 2.24) is 14.9 Å². The first-order chi connectivity index (χ1) is 12.5. The molecule has 1 aromatic rings. The zero-order chi connectivity index (χ0) is 18.6. The van der Waals surface area contributed by atoms with Crippen molar-refractivity contribution in [3.8, 4) is 0 Å². The van der Waals surface area contributed by atoms with Crippen LogP contribution in [-0.2, 0) is 27.7 Å². The number of nitrogens with one attached hydrogen (secondary N) is 2. The molecule has 0 spiro atoms. The van der Waals surface area contributed by atoms with Crippen LogP contribution in [0.25, 0.3) is 0 Å². The Labute approximate surface area is 168 Å². The molecule has 0 aliphatic carbocycles. The molecule has 1 atom stereocenters. The summed E-state index contributed by atoms with van der Waals surface area (Å²) in [5.41, 5.74) is 2.18. The Morgan fingerprint density at radius 2 is 2.00 bits per heavy atom. The number of halogens is 1. The van der Waals surface area contributed by atoms with Gasteiger partial charge in [0.1, 0.15) is 0 Å². The van der Waals surface area contributed by atoms with Crippen LogP contribution >= 0.6 is 12.4 Å². The molecule has 27 heavy (non-hydrogen) atoms. The number of nitrogens with zero attached hydrogens (tertiary/aromatic N) is 1. The van der Waals surface area contributed by atoms with Gasteiger partial charge in [0.2, 0.25) is 15.9 Å². The topological polar surface area (TPSA) is 78.5 Å². The number of amides is 1. The summed E-state index contributed by atoms with van der Waals surface area (Å²) in [6.45, 7) is 5.45. The summed E-state index contributed by atoms with van der Waals surface area (Å²) in [5, 5.41) is 3.36. The minimum Gasteiger partial charge on any atom is -0.342 e. The average molecular weight is 416 g/mol. The molecule has 2 aliphatic rings. The van der Waals surface area contributed by atoms with Crippen molar-refractivity contribution in [1.29, 1.82) is 0 Å². The Morgan fingerprint density at radius 1 is 1.26 bits per heavy atom. The van der Waals surface area contributed by atoms with Gasteiger partial charge < -0.3 is 10.2 Å². The summed E-state index contributed by atoms with van der Waals surface area (Å²) in [5.74, 6) is 0.626. The van der Waals surface area contributed by atoms with Crippen molar-refractivity contribution < 1.29 is 13.2 Å². The molecule has 1 aromatic carbocycles. The van der Waals surface area contributed by atoms with Gasteiger partial charge in [-0.3, -0.25) is 4.79 Å². The lowest BCUT2D eigenvalue weighted by atomic mass is 9.96. The number of piperidine rings is 1. The molecular weight excluding hydrogens is 386 g/mol. The van der Waals surface area contributed by atoms with Gasteiger partial charge in [-0.15, -0.1) is 12.4 Å². The first-order valence-corrected chi connectivity index (χ1v) is 11.0. The van der Waals surface area contributed by atoms with Gasteiger partial charge in [0.25, 0.3) is 0 Å². The smallest absolute Gasteiger partial charge is 0.240 e. The quantitative estimate of drug-likeness (QED) is 0.767. The van der Waals surface area contributed by atoms with Crippen LogP contribution < -0.4 is 10.0 Å². The number of benzene rings is 1. The van der Waals surface area contributed by atoms with Gasteiger partial charge in [-0.1, -0.05) is 6.07 Å². The highest BCUT2D eigenvalue weighted by Crippen LogP contribution is 2.21. The highest BCUT2D eigenvalue weighted by atomic mass is 35.5. The van der Waals surface area contributed by atoms with Crippen molar-refractivity contribution in [2.24, 2.45) is 5.92 Å². The van der Waals surface area contributed by atoms with Crippen LogP contribution in [0.4, 0.5) is 0 Å². The molecule has 6 nitrogen and oxygen atoms in total. The van der Waals surface area contributed by atoms with Crippen LogP contribution in [0.2, 0.25) is 0 Å². The van der Waals surface area contributed by atoms with Gasteiger partial charge in [0.15, 0.2) is 0 Å². The SMILES string of the molecule is CC(=O)N1CCc2ccc(S(=O)(=O)NCCC3CCCNC3)cc2CC1.Cl. The molecule has 152 valence electrons. The van der Waals surface area contributed by atoms with Gasteiger partial charge in [0, 0.05) is 26.6 Å². The molecule has 1 amide bonds. The highest BCUT2D eigenvalue weighted by molar-refractivity contribution is 7.89. The second-order valence-electron chi connectivity index (χ2n) is 7.34. The summed E-state index contributed by atoms with van der Waals surface area (Å²) in [6, 6.07) is 5.37. The van der Waals surface area contributed by atoms with Crippen molar-refractivity contribution in [3.63, 3.8) is 0 Å². The van der Waals surface area contributed by atoms with E-state index in [0.29, 0.717) is 36.9 Å². The van der Waals surface area contributed by atoms with Crippen LogP contribution in [0.5, 0.6) is 0 Å². The molecule has 2 heterocycles. The third-order valence-electron chi connectivity index (χ3n) is 5.48. The number of carbonyl (C=O) groups is 1. The maximum atomic E-state index is 12.6. The van der Waals surface area contributed by atoms with E-state index < -0.39 is 10.0 Å². The van der Waals surface area contributed by atoms with E-state index >= 15 is 0 Å². The monoisotopic (exact) mass is 415 g/mol. The van der Waals surface area contributed by atoms with Crippen molar-refractivity contribution in [2.75, 3.05) is 32.7 Å². The highest BCUT2D eigenvalue weighted by Gasteiger charge is 2.20. The second kappa shape index (κ2) is 9.87. The summed E-state index contributed by atoms with van der Waals surface area (Å²) in [6.07, 6.45) is 4.67. The van der Waals surface area contributed by atoms with E-state index in [4.69, 9.17) is 0 Å². The Morgan fingerprint density at radius 3 is 2.67 bits per heavy atom. The van der Waals surface area contributed by atoms with Crippen LogP contribution in [0.1, 0.15) is 37.3 Å². The molecule has 2 aliphatic heterocycles. The predicted octanol–water partition coefficient (Wildman–Crippen LogP) is 1.72. The number of hydrogen-bond acceptors (Lipinski definition) is 4. The third kappa shape index (κ3) is 5.91. The van der Waals surface area contributed by atoms with Crippen molar-refractivity contribution in [3.05, 3.63) is 29.3 Å². The van der Waals surface area contributed by atoms with Gasteiger partial charge in [0.05, 0.1) is 4.90 Å². The molecule has 0 bridgehead atoms. The largest absolute Gasteiger partial charge is 0.342 e. The van der Waals surface area contributed by atoms with E-state index in [1.165, 1.54) is 12.8 Å². The summed E-state index contributed by atoms with van der Waals surface area (Å²) < 4.78 is 28.0. The van der Waals surface area contributed by atoms with Gasteiger partial charge in [-0.05, 0) is 74.4 Å². The molecule has 0 aromatic heterocycles. The lowest BCUT2D eigenvalue weighted by molar-refractivity contribution is -0.128. The number of hydrogen-bond donors (Lipinski definition) is 2. The Kier molecular flexibility index (Phi) is 8.09. The zero-order valence-electron chi connectivity index (χ0n) is 15.9. The average Bonchev–Trinajstić information content (AvgIpc) is 2.84. The van der Waals surface area contributed by atoms with E-state index in [9.17, 15) is 13.2 Å². The molecule has 1 fully saturated rings. The van der Waals surface area contributed by atoms with E-state index in [0.717, 1.165) is 37.1 Å². The number of rotatable bonds is 5. The van der Waals surface area contributed by atoms with Crippen LogP contribution in [0.15, 0.2) is 23.1 Å². The molecule has 1 unspecified atom stereocenters. The van der Waals surface area contributed by atoms with Crippen LogP contribution in [-0.4, -0.2) is 51.9 Å². The van der Waals surface area contributed by atoms with Crippen molar-refractivity contribution in [2.45, 2.75) is 43.9 Å². The molecule has 0 radical (unpaired) electrons. The number of fused-ring (bicyclic) bond motifs is 1. The van der Waals surface area contributed by atoms with Crippen LogP contribution in [0, 0.1) is 5.92 Å². The summed E-state index contributed by atoms with van der Waals surface area (Å²) >= 11 is 0. The molecule has 2 N–H and O–H groups in total. The molecule has 8 heteroatoms. The maximum Gasteiger partial charge on any atom is 0.240 e. The van der Waals surface area contributed by atoms with E-state index in [-0.39, 0.29) is 18.3 Å². The van der Waals surface area contributed by atoms with Crippen LogP contribution in [0.3, 0.4) is 0 Å². The Bertz CT molecular complexity index is 749. The fourth-order valence-corrected chi connectivity index (χ4v) is 4.93. The van der Waals surface area contributed by atoms with E-state index in [1.807, 2.05) is 11.0 Å². The fraction of sp³-hybridized carbons (Fsp3) is 0.632.